The van der Waals surface area contributed by atoms with Crippen LogP contribution in [0.4, 0.5) is 0 Å². The van der Waals surface area contributed by atoms with Crippen molar-refractivity contribution in [3.05, 3.63) is 0 Å². The molecule has 0 aromatic carbocycles. The van der Waals surface area contributed by atoms with Gasteiger partial charge in [0.05, 0.1) is 6.54 Å². The van der Waals surface area contributed by atoms with Crippen molar-refractivity contribution in [2.45, 2.75) is 20.3 Å². The fourth-order valence-corrected chi connectivity index (χ4v) is 1.17. The predicted octanol–water partition coefficient (Wildman–Crippen LogP) is -0.695. The Labute approximate surface area is 84.4 Å². The molecule has 0 aliphatic rings. The van der Waals surface area contributed by atoms with Crippen molar-refractivity contribution < 1.29 is 9.59 Å². The van der Waals surface area contributed by atoms with E-state index < -0.39 is 5.91 Å². The van der Waals surface area contributed by atoms with Gasteiger partial charge in [0.15, 0.2) is 0 Å². The van der Waals surface area contributed by atoms with Crippen LogP contribution in [0.2, 0.25) is 0 Å². The number of hydrogen-bond acceptors (Lipinski definition) is 3. The normalized spacial score (nSPS) is 10.3. The maximum absolute atomic E-state index is 11.5. The average Bonchev–Trinajstić information content (AvgIpc) is 2.01. The highest BCUT2D eigenvalue weighted by molar-refractivity contribution is 5.83. The molecule has 0 rings (SSSR count). The number of carbonyl (C=O) groups excluding carboxylic acids is 2. The van der Waals surface area contributed by atoms with Gasteiger partial charge >= 0.3 is 0 Å². The van der Waals surface area contributed by atoms with Crippen molar-refractivity contribution in [2.24, 2.45) is 17.4 Å². The van der Waals surface area contributed by atoms with Crippen molar-refractivity contribution >= 4 is 11.8 Å². The number of rotatable bonds is 6. The Balaban J connectivity index is 4.22. The molecular formula is C9H19N3O2. The lowest BCUT2D eigenvalue weighted by atomic mass is 10.2. The zero-order valence-corrected chi connectivity index (χ0v) is 8.82. The highest BCUT2D eigenvalue weighted by atomic mass is 16.2. The van der Waals surface area contributed by atoms with Crippen molar-refractivity contribution in [2.75, 3.05) is 19.6 Å². The van der Waals surface area contributed by atoms with E-state index in [0.717, 1.165) is 0 Å². The number of carbonyl (C=O) groups is 2. The lowest BCUT2D eigenvalue weighted by Crippen LogP contribution is -2.41. The van der Waals surface area contributed by atoms with Gasteiger partial charge in [-0.25, -0.2) is 0 Å². The first kappa shape index (κ1) is 12.9. The average molecular weight is 201 g/mol. The van der Waals surface area contributed by atoms with E-state index in [4.69, 9.17) is 11.5 Å². The molecular weight excluding hydrogens is 182 g/mol. The van der Waals surface area contributed by atoms with E-state index in [1.54, 1.807) is 0 Å². The van der Waals surface area contributed by atoms with Crippen LogP contribution in [0.25, 0.3) is 0 Å². The van der Waals surface area contributed by atoms with Gasteiger partial charge in [-0.1, -0.05) is 13.8 Å². The molecule has 0 aromatic rings. The van der Waals surface area contributed by atoms with Crippen LogP contribution in [0.5, 0.6) is 0 Å². The van der Waals surface area contributed by atoms with Gasteiger partial charge in [-0.2, -0.15) is 0 Å². The molecule has 0 aromatic heterocycles. The summed E-state index contributed by atoms with van der Waals surface area (Å²) in [6.45, 7) is 4.78. The Hall–Kier alpha value is -1.10. The summed E-state index contributed by atoms with van der Waals surface area (Å²) in [5.41, 5.74) is 10.3. The van der Waals surface area contributed by atoms with Crippen LogP contribution in [0, 0.1) is 5.92 Å². The fourth-order valence-electron chi connectivity index (χ4n) is 1.17. The van der Waals surface area contributed by atoms with Gasteiger partial charge < -0.3 is 16.4 Å². The van der Waals surface area contributed by atoms with Crippen LogP contribution in [0.3, 0.4) is 0 Å². The van der Waals surface area contributed by atoms with Crippen LogP contribution in [0.1, 0.15) is 20.3 Å². The number of nitrogens with zero attached hydrogens (tertiary/aromatic N) is 1. The summed E-state index contributed by atoms with van der Waals surface area (Å²) in [6, 6.07) is 0. The van der Waals surface area contributed by atoms with Crippen molar-refractivity contribution in [1.82, 2.24) is 4.90 Å². The first-order chi connectivity index (χ1) is 6.47. The Bertz CT molecular complexity index is 204. The topological polar surface area (TPSA) is 89.4 Å². The molecule has 0 spiro atoms. The summed E-state index contributed by atoms with van der Waals surface area (Å²) in [4.78, 5) is 23.6. The Morgan fingerprint density at radius 3 is 2.29 bits per heavy atom. The van der Waals surface area contributed by atoms with E-state index in [-0.39, 0.29) is 18.9 Å². The maximum Gasteiger partial charge on any atom is 0.237 e. The van der Waals surface area contributed by atoms with Crippen LogP contribution in [0.15, 0.2) is 0 Å². The van der Waals surface area contributed by atoms with Crippen molar-refractivity contribution in [1.29, 1.82) is 0 Å². The molecule has 0 fully saturated rings. The van der Waals surface area contributed by atoms with E-state index in [9.17, 15) is 9.59 Å². The molecule has 0 radical (unpaired) electrons. The third-order valence-electron chi connectivity index (χ3n) is 1.64. The van der Waals surface area contributed by atoms with Gasteiger partial charge in [-0.3, -0.25) is 9.59 Å². The molecule has 82 valence electrons. The molecule has 4 N–H and O–H groups in total. The van der Waals surface area contributed by atoms with E-state index in [1.165, 1.54) is 4.90 Å². The fraction of sp³-hybridized carbons (Fsp3) is 0.778. The molecule has 5 nitrogen and oxygen atoms in total. The minimum absolute atomic E-state index is 0.0169. The smallest absolute Gasteiger partial charge is 0.237 e. The lowest BCUT2D eigenvalue weighted by molar-refractivity contribution is -0.135. The van der Waals surface area contributed by atoms with Gasteiger partial charge in [0, 0.05) is 19.5 Å². The molecule has 0 saturated carbocycles. The zero-order chi connectivity index (χ0) is 11.1. The van der Waals surface area contributed by atoms with Gasteiger partial charge in [-0.15, -0.1) is 0 Å². The summed E-state index contributed by atoms with van der Waals surface area (Å²) in [7, 11) is 0. The summed E-state index contributed by atoms with van der Waals surface area (Å²) in [5, 5.41) is 0. The van der Waals surface area contributed by atoms with E-state index in [0.29, 0.717) is 19.0 Å². The summed E-state index contributed by atoms with van der Waals surface area (Å²) in [5.74, 6) is -0.285. The molecule has 0 aliphatic carbocycles. The molecule has 0 aliphatic heterocycles. The van der Waals surface area contributed by atoms with E-state index in [2.05, 4.69) is 0 Å². The molecule has 0 unspecified atom stereocenters. The lowest BCUT2D eigenvalue weighted by Gasteiger charge is -2.22. The maximum atomic E-state index is 11.5. The van der Waals surface area contributed by atoms with Gasteiger partial charge in [0.1, 0.15) is 0 Å². The SMILES string of the molecule is CC(C)CN(CC(N)=O)C(=O)CCN. The monoisotopic (exact) mass is 201 g/mol. The third kappa shape index (κ3) is 5.53. The Morgan fingerprint density at radius 2 is 1.93 bits per heavy atom. The molecule has 0 heterocycles. The second kappa shape index (κ2) is 6.37. The van der Waals surface area contributed by atoms with Crippen LogP contribution < -0.4 is 11.5 Å². The number of amides is 2. The second-order valence-corrected chi connectivity index (χ2v) is 3.67. The molecule has 0 saturated heterocycles. The van der Waals surface area contributed by atoms with Gasteiger partial charge in [0.2, 0.25) is 11.8 Å². The minimum atomic E-state index is -0.490. The third-order valence-corrected chi connectivity index (χ3v) is 1.64. The largest absolute Gasteiger partial charge is 0.368 e. The summed E-state index contributed by atoms with van der Waals surface area (Å²) >= 11 is 0. The van der Waals surface area contributed by atoms with Crippen molar-refractivity contribution in [3.8, 4) is 0 Å². The zero-order valence-electron chi connectivity index (χ0n) is 8.82. The predicted molar refractivity (Wildman–Crippen MR) is 54.3 cm³/mol. The molecule has 14 heavy (non-hydrogen) atoms. The van der Waals surface area contributed by atoms with Crippen LogP contribution >= 0.6 is 0 Å². The van der Waals surface area contributed by atoms with E-state index in [1.807, 2.05) is 13.8 Å². The van der Waals surface area contributed by atoms with Gasteiger partial charge in [0.25, 0.3) is 0 Å². The molecule has 5 heteroatoms. The van der Waals surface area contributed by atoms with Gasteiger partial charge in [-0.05, 0) is 5.92 Å². The summed E-state index contributed by atoms with van der Waals surface area (Å²) < 4.78 is 0. The van der Waals surface area contributed by atoms with Crippen LogP contribution in [-0.2, 0) is 9.59 Å². The minimum Gasteiger partial charge on any atom is -0.368 e. The first-order valence-corrected chi connectivity index (χ1v) is 4.73. The quantitative estimate of drug-likeness (QED) is 0.595. The first-order valence-electron chi connectivity index (χ1n) is 4.73. The number of primary amides is 1. The molecule has 2 amide bonds. The summed E-state index contributed by atoms with van der Waals surface area (Å²) in [6.07, 6.45) is 0.264. The number of hydrogen-bond donors (Lipinski definition) is 2. The van der Waals surface area contributed by atoms with Crippen molar-refractivity contribution in [3.63, 3.8) is 0 Å². The number of nitrogens with two attached hydrogens (primary N) is 2. The molecule has 0 atom stereocenters. The standard InChI is InChI=1S/C9H19N3O2/c1-7(2)5-12(6-8(11)13)9(14)3-4-10/h7H,3-6,10H2,1-2H3,(H2,11,13). The Kier molecular flexibility index (Phi) is 5.87. The Morgan fingerprint density at radius 1 is 1.36 bits per heavy atom. The van der Waals surface area contributed by atoms with E-state index >= 15 is 0 Å². The molecule has 0 bridgehead atoms. The highest BCUT2D eigenvalue weighted by Crippen LogP contribution is 2.00. The highest BCUT2D eigenvalue weighted by Gasteiger charge is 2.15. The second-order valence-electron chi connectivity index (χ2n) is 3.67. The van der Waals surface area contributed by atoms with Crippen LogP contribution in [-0.4, -0.2) is 36.3 Å².